The third-order valence-electron chi connectivity index (χ3n) is 2.43. The van der Waals surface area contributed by atoms with E-state index in [0.29, 0.717) is 11.5 Å². The number of guanidine groups is 1. The Bertz CT molecular complexity index is 492. The molecule has 0 aliphatic carbocycles. The lowest BCUT2D eigenvalue weighted by Gasteiger charge is -2.23. The van der Waals surface area contributed by atoms with Gasteiger partial charge in [0.1, 0.15) is 0 Å². The Kier molecular flexibility index (Phi) is 5.49. The van der Waals surface area contributed by atoms with Gasteiger partial charge in [0.05, 0.1) is 17.0 Å². The van der Waals surface area contributed by atoms with E-state index in [2.05, 4.69) is 15.6 Å². The molecule has 0 aliphatic heterocycles. The maximum absolute atomic E-state index is 10.9. The van der Waals surface area contributed by atoms with Crippen LogP contribution < -0.4 is 10.6 Å². The molecule has 0 fully saturated rings. The third kappa shape index (κ3) is 5.26. The first-order valence-corrected chi connectivity index (χ1v) is 6.62. The van der Waals surface area contributed by atoms with Gasteiger partial charge >= 0.3 is 0 Å². The molecule has 6 nitrogen and oxygen atoms in total. The molecular weight excluding hydrogens is 256 g/mol. The molecule has 0 spiro atoms. The summed E-state index contributed by atoms with van der Waals surface area (Å²) in [6, 6.07) is 6.66. The summed E-state index contributed by atoms with van der Waals surface area (Å²) < 4.78 is 0. The van der Waals surface area contributed by atoms with E-state index in [4.69, 9.17) is 0 Å². The van der Waals surface area contributed by atoms with Crippen LogP contribution >= 0.6 is 0 Å². The lowest BCUT2D eigenvalue weighted by atomic mass is 10.1. The molecule has 0 saturated heterocycles. The second-order valence-corrected chi connectivity index (χ2v) is 5.46. The quantitative estimate of drug-likeness (QED) is 0.384. The standard InChI is InChI=1S/C14H22N4O2/c1-5-15-13(17-14(2,3)4)16-10-11-8-6-7-9-12(11)18(19)20/h6-9H,5,10H2,1-4H3,(H2,15,16,17). The van der Waals surface area contributed by atoms with Gasteiger partial charge in [0.2, 0.25) is 0 Å². The van der Waals surface area contributed by atoms with Gasteiger partial charge in [0.25, 0.3) is 5.69 Å². The summed E-state index contributed by atoms with van der Waals surface area (Å²) in [5.74, 6) is 0.651. The van der Waals surface area contributed by atoms with E-state index >= 15 is 0 Å². The van der Waals surface area contributed by atoms with E-state index in [1.807, 2.05) is 27.7 Å². The zero-order valence-electron chi connectivity index (χ0n) is 12.4. The van der Waals surface area contributed by atoms with Crippen LogP contribution in [0.2, 0.25) is 0 Å². The van der Waals surface area contributed by atoms with Crippen molar-refractivity contribution in [2.45, 2.75) is 39.8 Å². The van der Waals surface area contributed by atoms with Gasteiger partial charge in [-0.15, -0.1) is 0 Å². The molecule has 0 atom stereocenters. The number of hydrogen-bond acceptors (Lipinski definition) is 3. The van der Waals surface area contributed by atoms with E-state index in [-0.39, 0.29) is 22.7 Å². The number of hydrogen-bond donors (Lipinski definition) is 2. The van der Waals surface area contributed by atoms with Crippen LogP contribution in [0.4, 0.5) is 5.69 Å². The Morgan fingerprint density at radius 2 is 2.00 bits per heavy atom. The van der Waals surface area contributed by atoms with Gasteiger partial charge in [0.15, 0.2) is 5.96 Å². The second-order valence-electron chi connectivity index (χ2n) is 5.46. The molecule has 20 heavy (non-hydrogen) atoms. The van der Waals surface area contributed by atoms with Crippen molar-refractivity contribution in [2.75, 3.05) is 6.54 Å². The predicted octanol–water partition coefficient (Wildman–Crippen LogP) is 2.45. The van der Waals surface area contributed by atoms with Crippen LogP contribution in [0.25, 0.3) is 0 Å². The number of nitrogens with one attached hydrogen (secondary N) is 2. The first-order valence-electron chi connectivity index (χ1n) is 6.62. The molecule has 110 valence electrons. The monoisotopic (exact) mass is 278 g/mol. The van der Waals surface area contributed by atoms with E-state index in [1.54, 1.807) is 18.2 Å². The van der Waals surface area contributed by atoms with Gasteiger partial charge in [-0.3, -0.25) is 10.1 Å². The lowest BCUT2D eigenvalue weighted by Crippen LogP contribution is -2.47. The Balaban J connectivity index is 2.89. The molecule has 0 aliphatic rings. The van der Waals surface area contributed by atoms with Crippen molar-refractivity contribution in [2.24, 2.45) is 4.99 Å². The zero-order valence-corrected chi connectivity index (χ0v) is 12.4. The fraction of sp³-hybridized carbons (Fsp3) is 0.500. The van der Waals surface area contributed by atoms with Crippen LogP contribution in [-0.2, 0) is 6.54 Å². The highest BCUT2D eigenvalue weighted by Crippen LogP contribution is 2.18. The fourth-order valence-electron chi connectivity index (χ4n) is 1.65. The highest BCUT2D eigenvalue weighted by atomic mass is 16.6. The molecule has 6 heteroatoms. The number of aliphatic imine (C=N–C) groups is 1. The van der Waals surface area contributed by atoms with Gasteiger partial charge < -0.3 is 10.6 Å². The van der Waals surface area contributed by atoms with Crippen molar-refractivity contribution >= 4 is 11.6 Å². The van der Waals surface area contributed by atoms with Crippen LogP contribution in [0, 0.1) is 10.1 Å². The molecule has 0 bridgehead atoms. The van der Waals surface area contributed by atoms with Crippen LogP contribution in [0.3, 0.4) is 0 Å². The van der Waals surface area contributed by atoms with E-state index in [9.17, 15) is 10.1 Å². The number of nitrogens with zero attached hydrogens (tertiary/aromatic N) is 2. The lowest BCUT2D eigenvalue weighted by molar-refractivity contribution is -0.385. The average molecular weight is 278 g/mol. The van der Waals surface area contributed by atoms with Crippen molar-refractivity contribution in [1.82, 2.24) is 10.6 Å². The van der Waals surface area contributed by atoms with Gasteiger partial charge in [-0.25, -0.2) is 4.99 Å². The second kappa shape index (κ2) is 6.88. The summed E-state index contributed by atoms with van der Waals surface area (Å²) in [6.45, 7) is 9.08. The Labute approximate surface area is 119 Å². The minimum atomic E-state index is -0.380. The molecule has 0 heterocycles. The zero-order chi connectivity index (χ0) is 15.2. The summed E-state index contributed by atoms with van der Waals surface area (Å²) >= 11 is 0. The van der Waals surface area contributed by atoms with Crippen LogP contribution in [-0.4, -0.2) is 23.0 Å². The van der Waals surface area contributed by atoms with E-state index < -0.39 is 0 Å². The van der Waals surface area contributed by atoms with E-state index in [1.165, 1.54) is 6.07 Å². The van der Waals surface area contributed by atoms with Crippen molar-refractivity contribution < 1.29 is 4.92 Å². The van der Waals surface area contributed by atoms with Crippen LogP contribution in [0.15, 0.2) is 29.3 Å². The van der Waals surface area contributed by atoms with Crippen molar-refractivity contribution in [3.8, 4) is 0 Å². The molecule has 1 aromatic rings. The summed E-state index contributed by atoms with van der Waals surface area (Å²) in [4.78, 5) is 15.0. The normalized spacial score (nSPS) is 12.1. The molecule has 1 rings (SSSR count). The predicted molar refractivity (Wildman–Crippen MR) is 80.8 cm³/mol. The molecule has 1 aromatic carbocycles. The number of nitro groups is 1. The summed E-state index contributed by atoms with van der Waals surface area (Å²) in [7, 11) is 0. The SMILES string of the molecule is CCNC(=NCc1ccccc1[N+](=O)[O-])NC(C)(C)C. The molecule has 0 unspecified atom stereocenters. The topological polar surface area (TPSA) is 79.6 Å². The summed E-state index contributed by atoms with van der Waals surface area (Å²) in [5.41, 5.74) is 0.579. The van der Waals surface area contributed by atoms with E-state index in [0.717, 1.165) is 6.54 Å². The Morgan fingerprint density at radius 3 is 2.55 bits per heavy atom. The first kappa shape index (κ1) is 15.9. The highest BCUT2D eigenvalue weighted by Gasteiger charge is 2.14. The fourth-order valence-corrected chi connectivity index (χ4v) is 1.65. The summed E-state index contributed by atoms with van der Waals surface area (Å²) in [5, 5.41) is 17.3. The smallest absolute Gasteiger partial charge is 0.274 e. The molecule has 0 aromatic heterocycles. The maximum atomic E-state index is 10.9. The Morgan fingerprint density at radius 1 is 1.35 bits per heavy atom. The van der Waals surface area contributed by atoms with Gasteiger partial charge in [0, 0.05) is 18.2 Å². The number of nitro benzene ring substituents is 1. The van der Waals surface area contributed by atoms with Gasteiger partial charge in [-0.1, -0.05) is 18.2 Å². The number of benzene rings is 1. The maximum Gasteiger partial charge on any atom is 0.274 e. The molecule has 2 N–H and O–H groups in total. The highest BCUT2D eigenvalue weighted by molar-refractivity contribution is 5.80. The molecule has 0 saturated carbocycles. The van der Waals surface area contributed by atoms with Crippen LogP contribution in [0.5, 0.6) is 0 Å². The molecule has 0 radical (unpaired) electrons. The molecule has 0 amide bonds. The van der Waals surface area contributed by atoms with Crippen molar-refractivity contribution in [3.05, 3.63) is 39.9 Å². The number of para-hydroxylation sites is 1. The average Bonchev–Trinajstić information content (AvgIpc) is 2.34. The Hall–Kier alpha value is -2.11. The van der Waals surface area contributed by atoms with Crippen LogP contribution in [0.1, 0.15) is 33.3 Å². The van der Waals surface area contributed by atoms with Crippen molar-refractivity contribution in [1.29, 1.82) is 0 Å². The molecular formula is C14H22N4O2. The minimum absolute atomic E-state index is 0.0999. The third-order valence-corrected chi connectivity index (χ3v) is 2.43. The summed E-state index contributed by atoms with van der Waals surface area (Å²) in [6.07, 6.45) is 0. The minimum Gasteiger partial charge on any atom is -0.357 e. The number of rotatable bonds is 4. The largest absolute Gasteiger partial charge is 0.357 e. The van der Waals surface area contributed by atoms with Gasteiger partial charge in [-0.2, -0.15) is 0 Å². The van der Waals surface area contributed by atoms with Gasteiger partial charge in [-0.05, 0) is 27.7 Å². The van der Waals surface area contributed by atoms with Crippen molar-refractivity contribution in [3.63, 3.8) is 0 Å². The first-order chi connectivity index (χ1) is 9.33.